The Morgan fingerprint density at radius 3 is 2.06 bits per heavy atom. The molecular formula is C24H27N3O6. The Morgan fingerprint density at radius 1 is 1.03 bits per heavy atom. The summed E-state index contributed by atoms with van der Waals surface area (Å²) in [7, 11) is 3.10. The molecule has 4 rings (SSSR count). The summed E-state index contributed by atoms with van der Waals surface area (Å²) in [5, 5.41) is 2.85. The molecule has 4 amide bonds. The molecule has 2 heterocycles. The molecule has 0 aromatic heterocycles. The van der Waals surface area contributed by atoms with Gasteiger partial charge in [-0.1, -0.05) is 24.3 Å². The standard InChI is InChI=1S/C24H27N3O6/c1-16-14-26(12-13-33-16)21(28)15-27-22(29)24(25-23(27)30,17-4-8-19(31-2)9-5-17)18-6-10-20(32-3)11-7-18/h4-11,16H,12-15H2,1-3H3,(H,25,30). The lowest BCUT2D eigenvalue weighted by Gasteiger charge is -2.32. The molecule has 1 atom stereocenters. The van der Waals surface area contributed by atoms with Crippen molar-refractivity contribution in [2.24, 2.45) is 0 Å². The van der Waals surface area contributed by atoms with E-state index in [4.69, 9.17) is 14.2 Å². The Hall–Kier alpha value is -3.59. The van der Waals surface area contributed by atoms with Crippen molar-refractivity contribution in [3.05, 3.63) is 59.7 Å². The molecule has 2 aliphatic rings. The lowest BCUT2D eigenvalue weighted by Crippen LogP contribution is -2.50. The number of morpholine rings is 1. The summed E-state index contributed by atoms with van der Waals surface area (Å²) in [6, 6.07) is 13.2. The van der Waals surface area contributed by atoms with Crippen LogP contribution in [-0.2, 0) is 19.9 Å². The number of carbonyl (C=O) groups excluding carboxylic acids is 3. The highest BCUT2D eigenvalue weighted by atomic mass is 16.5. The van der Waals surface area contributed by atoms with Gasteiger partial charge < -0.3 is 24.4 Å². The van der Waals surface area contributed by atoms with E-state index in [1.165, 1.54) is 0 Å². The second-order valence-corrected chi connectivity index (χ2v) is 8.05. The lowest BCUT2D eigenvalue weighted by molar-refractivity contribution is -0.142. The highest BCUT2D eigenvalue weighted by Gasteiger charge is 2.54. The average Bonchev–Trinajstić information content (AvgIpc) is 3.09. The molecule has 9 heteroatoms. The molecule has 174 valence electrons. The minimum absolute atomic E-state index is 0.0940. The van der Waals surface area contributed by atoms with Gasteiger partial charge in [0.25, 0.3) is 5.91 Å². The third kappa shape index (κ3) is 4.11. The van der Waals surface area contributed by atoms with Crippen LogP contribution in [0.5, 0.6) is 11.5 Å². The summed E-state index contributed by atoms with van der Waals surface area (Å²) in [6.07, 6.45) is -0.0940. The number of imide groups is 1. The normalized spacial score (nSPS) is 19.9. The highest BCUT2D eigenvalue weighted by molar-refractivity contribution is 6.11. The Morgan fingerprint density at radius 2 is 1.58 bits per heavy atom. The number of rotatable bonds is 6. The minimum atomic E-state index is -1.48. The van der Waals surface area contributed by atoms with Crippen LogP contribution in [0.3, 0.4) is 0 Å². The summed E-state index contributed by atoms with van der Waals surface area (Å²) >= 11 is 0. The minimum Gasteiger partial charge on any atom is -0.497 e. The Kier molecular flexibility index (Phi) is 6.24. The maximum absolute atomic E-state index is 13.8. The zero-order valence-electron chi connectivity index (χ0n) is 18.9. The van der Waals surface area contributed by atoms with Crippen molar-refractivity contribution in [3.8, 4) is 11.5 Å². The molecule has 0 aliphatic carbocycles. The van der Waals surface area contributed by atoms with Gasteiger partial charge in [0, 0.05) is 13.1 Å². The molecule has 9 nitrogen and oxygen atoms in total. The van der Waals surface area contributed by atoms with Crippen molar-refractivity contribution < 1.29 is 28.6 Å². The van der Waals surface area contributed by atoms with Crippen molar-refractivity contribution in [2.75, 3.05) is 40.5 Å². The summed E-state index contributed by atoms with van der Waals surface area (Å²) in [5.74, 6) is 0.425. The summed E-state index contributed by atoms with van der Waals surface area (Å²) in [6.45, 7) is 2.81. The third-order valence-corrected chi connectivity index (χ3v) is 6.04. The maximum Gasteiger partial charge on any atom is 0.326 e. The van der Waals surface area contributed by atoms with Gasteiger partial charge in [0.1, 0.15) is 18.0 Å². The van der Waals surface area contributed by atoms with Crippen LogP contribution in [0.4, 0.5) is 4.79 Å². The van der Waals surface area contributed by atoms with E-state index in [1.807, 2.05) is 6.92 Å². The number of carbonyl (C=O) groups is 3. The van der Waals surface area contributed by atoms with Crippen LogP contribution < -0.4 is 14.8 Å². The van der Waals surface area contributed by atoms with E-state index in [2.05, 4.69) is 5.32 Å². The molecule has 1 N–H and O–H groups in total. The molecule has 2 aromatic rings. The number of hydrogen-bond acceptors (Lipinski definition) is 6. The van der Waals surface area contributed by atoms with Gasteiger partial charge in [-0.25, -0.2) is 4.79 Å². The molecule has 1 unspecified atom stereocenters. The quantitative estimate of drug-likeness (QED) is 0.670. The van der Waals surface area contributed by atoms with Crippen LogP contribution in [0.2, 0.25) is 0 Å². The van der Waals surface area contributed by atoms with Crippen molar-refractivity contribution in [1.29, 1.82) is 0 Å². The van der Waals surface area contributed by atoms with Gasteiger partial charge in [-0.05, 0) is 42.3 Å². The van der Waals surface area contributed by atoms with Crippen LogP contribution in [0.25, 0.3) is 0 Å². The predicted octanol–water partition coefficient (Wildman–Crippen LogP) is 1.75. The van der Waals surface area contributed by atoms with E-state index < -0.39 is 17.5 Å². The molecule has 2 aromatic carbocycles. The van der Waals surface area contributed by atoms with Crippen LogP contribution in [0.15, 0.2) is 48.5 Å². The fourth-order valence-electron chi connectivity index (χ4n) is 4.24. The molecule has 0 radical (unpaired) electrons. The van der Waals surface area contributed by atoms with Gasteiger partial charge in [-0.2, -0.15) is 0 Å². The van der Waals surface area contributed by atoms with Crippen LogP contribution in [0.1, 0.15) is 18.1 Å². The smallest absolute Gasteiger partial charge is 0.326 e. The first kappa shape index (κ1) is 22.6. The number of nitrogens with one attached hydrogen (secondary N) is 1. The van der Waals surface area contributed by atoms with Crippen molar-refractivity contribution in [3.63, 3.8) is 0 Å². The summed E-state index contributed by atoms with van der Waals surface area (Å²) < 4.78 is 16.0. The van der Waals surface area contributed by atoms with E-state index in [9.17, 15) is 14.4 Å². The number of methoxy groups -OCH3 is 2. The van der Waals surface area contributed by atoms with Crippen molar-refractivity contribution in [2.45, 2.75) is 18.6 Å². The number of nitrogens with zero attached hydrogens (tertiary/aromatic N) is 2. The number of benzene rings is 2. The monoisotopic (exact) mass is 453 g/mol. The van der Waals surface area contributed by atoms with Gasteiger partial charge in [0.15, 0.2) is 5.54 Å². The fourth-order valence-corrected chi connectivity index (χ4v) is 4.24. The molecule has 2 aliphatic heterocycles. The van der Waals surface area contributed by atoms with Crippen molar-refractivity contribution >= 4 is 17.8 Å². The number of hydrogen-bond donors (Lipinski definition) is 1. The van der Waals surface area contributed by atoms with Gasteiger partial charge >= 0.3 is 6.03 Å². The average molecular weight is 453 g/mol. The largest absolute Gasteiger partial charge is 0.497 e. The topological polar surface area (TPSA) is 97.4 Å². The van der Waals surface area contributed by atoms with Crippen molar-refractivity contribution in [1.82, 2.24) is 15.1 Å². The summed E-state index contributed by atoms with van der Waals surface area (Å²) in [4.78, 5) is 42.3. The molecule has 33 heavy (non-hydrogen) atoms. The first-order valence-corrected chi connectivity index (χ1v) is 10.7. The molecule has 0 saturated carbocycles. The van der Waals surface area contributed by atoms with E-state index in [-0.39, 0.29) is 18.6 Å². The molecule has 0 bridgehead atoms. The van der Waals surface area contributed by atoms with Gasteiger partial charge in [0.2, 0.25) is 5.91 Å². The van der Waals surface area contributed by atoms with E-state index in [0.29, 0.717) is 42.3 Å². The third-order valence-electron chi connectivity index (χ3n) is 6.04. The molecule has 0 spiro atoms. The number of ether oxygens (including phenoxy) is 3. The van der Waals surface area contributed by atoms with Gasteiger partial charge in [-0.15, -0.1) is 0 Å². The SMILES string of the molecule is COc1ccc(C2(c3ccc(OC)cc3)NC(=O)N(CC(=O)N3CCOC(C)C3)C2=O)cc1. The van der Waals surface area contributed by atoms with Crippen LogP contribution in [0, 0.1) is 0 Å². The number of urea groups is 1. The predicted molar refractivity (Wildman–Crippen MR) is 119 cm³/mol. The van der Waals surface area contributed by atoms with Gasteiger partial charge in [0.05, 0.1) is 26.9 Å². The fraction of sp³-hybridized carbons (Fsp3) is 0.375. The second-order valence-electron chi connectivity index (χ2n) is 8.05. The van der Waals surface area contributed by atoms with E-state index >= 15 is 0 Å². The zero-order chi connectivity index (χ0) is 23.6. The maximum atomic E-state index is 13.8. The number of amides is 4. The van der Waals surface area contributed by atoms with Crippen LogP contribution >= 0.6 is 0 Å². The molecular weight excluding hydrogens is 426 g/mol. The lowest BCUT2D eigenvalue weighted by atomic mass is 9.82. The van der Waals surface area contributed by atoms with Crippen LogP contribution in [-0.4, -0.2) is 74.2 Å². The Bertz CT molecular complexity index is 990. The van der Waals surface area contributed by atoms with E-state index in [0.717, 1.165) is 4.90 Å². The van der Waals surface area contributed by atoms with E-state index in [1.54, 1.807) is 67.7 Å². The summed E-state index contributed by atoms with van der Waals surface area (Å²) in [5.41, 5.74) is -0.364. The second kappa shape index (κ2) is 9.11. The Balaban J connectivity index is 1.69. The first-order valence-electron chi connectivity index (χ1n) is 10.7. The Labute approximate surface area is 192 Å². The molecule has 2 fully saturated rings. The van der Waals surface area contributed by atoms with Gasteiger partial charge in [-0.3, -0.25) is 14.5 Å². The zero-order valence-corrected chi connectivity index (χ0v) is 18.9. The highest BCUT2D eigenvalue weighted by Crippen LogP contribution is 2.37. The first-order chi connectivity index (χ1) is 15.9. The molecule has 2 saturated heterocycles.